The SMILES string of the molecule is Nc1ccc(OCC(O)COc2cc(Cl)cc(Cl)c2)cc1. The molecular weight excluding hydrogens is 313 g/mol. The van der Waals surface area contributed by atoms with Crippen molar-refractivity contribution in [2.24, 2.45) is 0 Å². The first-order valence-electron chi connectivity index (χ1n) is 6.28. The molecule has 0 amide bonds. The molecule has 1 atom stereocenters. The van der Waals surface area contributed by atoms with Crippen molar-refractivity contribution in [3.8, 4) is 11.5 Å². The van der Waals surface area contributed by atoms with Crippen LogP contribution in [-0.2, 0) is 0 Å². The van der Waals surface area contributed by atoms with E-state index in [1.54, 1.807) is 42.5 Å². The Morgan fingerprint density at radius 2 is 1.43 bits per heavy atom. The minimum atomic E-state index is -0.777. The van der Waals surface area contributed by atoms with Crippen molar-refractivity contribution < 1.29 is 14.6 Å². The molecule has 2 aromatic carbocycles. The highest BCUT2D eigenvalue weighted by molar-refractivity contribution is 6.34. The zero-order chi connectivity index (χ0) is 15.2. The third kappa shape index (κ3) is 5.34. The van der Waals surface area contributed by atoms with Crippen LogP contribution in [0.3, 0.4) is 0 Å². The Balaban J connectivity index is 1.79. The van der Waals surface area contributed by atoms with Crippen LogP contribution < -0.4 is 15.2 Å². The lowest BCUT2D eigenvalue weighted by molar-refractivity contribution is 0.0626. The van der Waals surface area contributed by atoms with Crippen molar-refractivity contribution in [1.82, 2.24) is 0 Å². The number of benzene rings is 2. The van der Waals surface area contributed by atoms with Gasteiger partial charge in [0.05, 0.1) is 0 Å². The average molecular weight is 328 g/mol. The molecule has 0 saturated heterocycles. The molecule has 0 saturated carbocycles. The number of halogens is 2. The van der Waals surface area contributed by atoms with Crippen LogP contribution in [0.15, 0.2) is 42.5 Å². The number of ether oxygens (including phenoxy) is 2. The fourth-order valence-corrected chi connectivity index (χ4v) is 2.11. The largest absolute Gasteiger partial charge is 0.491 e. The van der Waals surface area contributed by atoms with Gasteiger partial charge in [-0.25, -0.2) is 0 Å². The standard InChI is InChI=1S/C15H15Cl2NO3/c16-10-5-11(17)7-15(6-10)21-9-13(19)8-20-14-3-1-12(18)2-4-14/h1-7,13,19H,8-9,18H2. The molecule has 0 fully saturated rings. The molecule has 0 heterocycles. The van der Waals surface area contributed by atoms with Gasteiger partial charge in [-0.05, 0) is 42.5 Å². The fourth-order valence-electron chi connectivity index (χ4n) is 1.61. The molecule has 0 bridgehead atoms. The minimum Gasteiger partial charge on any atom is -0.491 e. The predicted octanol–water partition coefficient (Wildman–Crippen LogP) is 3.39. The van der Waals surface area contributed by atoms with Gasteiger partial charge in [-0.15, -0.1) is 0 Å². The molecule has 0 aromatic heterocycles. The van der Waals surface area contributed by atoms with Gasteiger partial charge in [0.15, 0.2) is 0 Å². The Morgan fingerprint density at radius 3 is 2.00 bits per heavy atom. The van der Waals surface area contributed by atoms with Crippen molar-refractivity contribution in [3.63, 3.8) is 0 Å². The minimum absolute atomic E-state index is 0.0750. The summed E-state index contributed by atoms with van der Waals surface area (Å²) in [5, 5.41) is 10.8. The van der Waals surface area contributed by atoms with Crippen LogP contribution in [0.25, 0.3) is 0 Å². The van der Waals surface area contributed by atoms with E-state index in [0.717, 1.165) is 0 Å². The summed E-state index contributed by atoms with van der Waals surface area (Å²) in [6, 6.07) is 11.8. The number of hydrogen-bond donors (Lipinski definition) is 2. The van der Waals surface area contributed by atoms with E-state index in [1.165, 1.54) is 0 Å². The molecule has 21 heavy (non-hydrogen) atoms. The molecule has 3 N–H and O–H groups in total. The Labute approximate surface area is 133 Å². The number of hydrogen-bond acceptors (Lipinski definition) is 4. The predicted molar refractivity (Wildman–Crippen MR) is 84.3 cm³/mol. The lowest BCUT2D eigenvalue weighted by Gasteiger charge is -2.14. The second-order valence-electron chi connectivity index (χ2n) is 4.45. The Kier molecular flexibility index (Phi) is 5.56. The van der Waals surface area contributed by atoms with E-state index in [2.05, 4.69) is 0 Å². The Morgan fingerprint density at radius 1 is 0.905 bits per heavy atom. The van der Waals surface area contributed by atoms with Gasteiger partial charge in [0.2, 0.25) is 0 Å². The van der Waals surface area contributed by atoms with Gasteiger partial charge in [-0.2, -0.15) is 0 Å². The summed E-state index contributed by atoms with van der Waals surface area (Å²) >= 11 is 11.7. The third-order valence-corrected chi connectivity index (χ3v) is 3.04. The number of rotatable bonds is 6. The molecular formula is C15H15Cl2NO3. The van der Waals surface area contributed by atoms with E-state index >= 15 is 0 Å². The molecule has 4 nitrogen and oxygen atoms in total. The van der Waals surface area contributed by atoms with Gasteiger partial charge in [-0.1, -0.05) is 23.2 Å². The molecule has 6 heteroatoms. The van der Waals surface area contributed by atoms with E-state index in [9.17, 15) is 5.11 Å². The molecule has 2 rings (SSSR count). The smallest absolute Gasteiger partial charge is 0.122 e. The first kappa shape index (κ1) is 15.8. The monoisotopic (exact) mass is 327 g/mol. The van der Waals surface area contributed by atoms with E-state index in [4.69, 9.17) is 38.4 Å². The van der Waals surface area contributed by atoms with Crippen molar-refractivity contribution in [2.75, 3.05) is 18.9 Å². The van der Waals surface area contributed by atoms with Gasteiger partial charge in [0.1, 0.15) is 30.8 Å². The first-order valence-corrected chi connectivity index (χ1v) is 7.04. The summed E-state index contributed by atoms with van der Waals surface area (Å²) in [6.45, 7) is 0.184. The summed E-state index contributed by atoms with van der Waals surface area (Å²) in [5.41, 5.74) is 6.23. The summed E-state index contributed by atoms with van der Waals surface area (Å²) in [5.74, 6) is 1.13. The lowest BCUT2D eigenvalue weighted by atomic mass is 10.3. The fraction of sp³-hybridized carbons (Fsp3) is 0.200. The first-order chi connectivity index (χ1) is 10.0. The quantitative estimate of drug-likeness (QED) is 0.798. The average Bonchev–Trinajstić information content (AvgIpc) is 2.43. The van der Waals surface area contributed by atoms with Crippen LogP contribution in [0.1, 0.15) is 0 Å². The maximum absolute atomic E-state index is 9.82. The molecule has 0 aliphatic carbocycles. The van der Waals surface area contributed by atoms with E-state index in [-0.39, 0.29) is 13.2 Å². The highest BCUT2D eigenvalue weighted by Gasteiger charge is 2.07. The number of nitrogen functional groups attached to an aromatic ring is 1. The van der Waals surface area contributed by atoms with Crippen molar-refractivity contribution >= 4 is 28.9 Å². The van der Waals surface area contributed by atoms with Crippen molar-refractivity contribution in [3.05, 3.63) is 52.5 Å². The summed E-state index contributed by atoms with van der Waals surface area (Å²) in [7, 11) is 0. The van der Waals surface area contributed by atoms with E-state index in [0.29, 0.717) is 27.2 Å². The Hall–Kier alpha value is -1.62. The third-order valence-electron chi connectivity index (χ3n) is 2.60. The van der Waals surface area contributed by atoms with Crippen LogP contribution in [0, 0.1) is 0 Å². The van der Waals surface area contributed by atoms with Crippen molar-refractivity contribution in [2.45, 2.75) is 6.10 Å². The normalized spacial score (nSPS) is 12.0. The number of anilines is 1. The molecule has 1 unspecified atom stereocenters. The lowest BCUT2D eigenvalue weighted by Crippen LogP contribution is -2.25. The number of aliphatic hydroxyl groups is 1. The highest BCUT2D eigenvalue weighted by atomic mass is 35.5. The zero-order valence-corrected chi connectivity index (χ0v) is 12.6. The Bertz CT molecular complexity index is 570. The maximum atomic E-state index is 9.82. The summed E-state index contributed by atoms with van der Waals surface area (Å²) < 4.78 is 10.8. The maximum Gasteiger partial charge on any atom is 0.122 e. The van der Waals surface area contributed by atoms with E-state index < -0.39 is 6.10 Å². The zero-order valence-electron chi connectivity index (χ0n) is 11.1. The highest BCUT2D eigenvalue weighted by Crippen LogP contribution is 2.24. The van der Waals surface area contributed by atoms with Crippen molar-refractivity contribution in [1.29, 1.82) is 0 Å². The number of aliphatic hydroxyl groups excluding tert-OH is 1. The molecule has 0 spiro atoms. The van der Waals surface area contributed by atoms with Crippen LogP contribution in [0.4, 0.5) is 5.69 Å². The van der Waals surface area contributed by atoms with Gasteiger partial charge in [0.25, 0.3) is 0 Å². The van der Waals surface area contributed by atoms with Gasteiger partial charge in [-0.3, -0.25) is 0 Å². The molecule has 0 radical (unpaired) electrons. The molecule has 0 aliphatic heterocycles. The van der Waals surface area contributed by atoms with Gasteiger partial charge >= 0.3 is 0 Å². The molecule has 112 valence electrons. The van der Waals surface area contributed by atoms with Crippen LogP contribution in [-0.4, -0.2) is 24.4 Å². The van der Waals surface area contributed by atoms with E-state index in [1.807, 2.05) is 0 Å². The molecule has 2 aromatic rings. The van der Waals surface area contributed by atoms with Crippen LogP contribution in [0.2, 0.25) is 10.0 Å². The van der Waals surface area contributed by atoms with Crippen LogP contribution >= 0.6 is 23.2 Å². The summed E-state index contributed by atoms with van der Waals surface area (Å²) in [4.78, 5) is 0. The second-order valence-corrected chi connectivity index (χ2v) is 5.32. The van der Waals surface area contributed by atoms with Crippen LogP contribution in [0.5, 0.6) is 11.5 Å². The summed E-state index contributed by atoms with van der Waals surface area (Å²) in [6.07, 6.45) is -0.777. The van der Waals surface area contributed by atoms with Gasteiger partial charge < -0.3 is 20.3 Å². The topological polar surface area (TPSA) is 64.7 Å². The number of nitrogens with two attached hydrogens (primary N) is 1. The van der Waals surface area contributed by atoms with Gasteiger partial charge in [0, 0.05) is 15.7 Å². The molecule has 0 aliphatic rings. The second kappa shape index (κ2) is 7.41.